The number of hydrogen-bond acceptors (Lipinski definition) is 2. The highest BCUT2D eigenvalue weighted by Crippen LogP contribution is 2.15. The van der Waals surface area contributed by atoms with E-state index >= 15 is 0 Å². The Kier molecular flexibility index (Phi) is 6.72. The van der Waals surface area contributed by atoms with Crippen molar-refractivity contribution in [1.82, 2.24) is 10.2 Å². The van der Waals surface area contributed by atoms with Gasteiger partial charge in [0.05, 0.1) is 12.6 Å². The molecule has 0 spiro atoms. The van der Waals surface area contributed by atoms with Crippen molar-refractivity contribution >= 4 is 5.96 Å². The quantitative estimate of drug-likeness (QED) is 0.648. The third-order valence-corrected chi connectivity index (χ3v) is 4.06. The zero-order valence-corrected chi connectivity index (χ0v) is 13.8. The number of guanidine groups is 1. The number of benzene rings is 1. The van der Waals surface area contributed by atoms with E-state index in [-0.39, 0.29) is 0 Å². The predicted octanol–water partition coefficient (Wildman–Crippen LogP) is 2.29. The van der Waals surface area contributed by atoms with Gasteiger partial charge >= 0.3 is 0 Å². The standard InChI is InChI=1S/C18H29N3O/c1-3-19-18(21-11-7-8-15(2)14-21)20-13-17(22)12-16-9-5-4-6-10-16/h4-6,9-10,15,17,22H,3,7-8,11-14H2,1-2H3,(H,19,20). The average Bonchev–Trinajstić information content (AvgIpc) is 2.52. The Morgan fingerprint density at radius 2 is 2.18 bits per heavy atom. The van der Waals surface area contributed by atoms with Crippen LogP contribution in [0, 0.1) is 5.92 Å². The molecule has 1 aliphatic heterocycles. The normalized spacial score (nSPS) is 20.8. The van der Waals surface area contributed by atoms with Gasteiger partial charge in [-0.05, 0) is 31.2 Å². The zero-order valence-electron chi connectivity index (χ0n) is 13.8. The Hall–Kier alpha value is -1.55. The summed E-state index contributed by atoms with van der Waals surface area (Å²) in [5, 5.41) is 13.6. The third-order valence-electron chi connectivity index (χ3n) is 4.06. The van der Waals surface area contributed by atoms with Crippen LogP contribution in [-0.2, 0) is 6.42 Å². The van der Waals surface area contributed by atoms with Crippen molar-refractivity contribution in [1.29, 1.82) is 0 Å². The smallest absolute Gasteiger partial charge is 0.194 e. The fourth-order valence-electron chi connectivity index (χ4n) is 2.95. The van der Waals surface area contributed by atoms with Gasteiger partial charge < -0.3 is 15.3 Å². The molecule has 0 aromatic heterocycles. The molecule has 0 amide bonds. The second-order valence-electron chi connectivity index (χ2n) is 6.23. The van der Waals surface area contributed by atoms with Crippen molar-refractivity contribution in [2.45, 2.75) is 39.2 Å². The Labute approximate surface area is 134 Å². The third kappa shape index (κ3) is 5.34. The van der Waals surface area contributed by atoms with Crippen molar-refractivity contribution in [3.05, 3.63) is 35.9 Å². The van der Waals surface area contributed by atoms with Crippen molar-refractivity contribution < 1.29 is 5.11 Å². The number of aliphatic hydroxyl groups is 1. The maximum atomic E-state index is 10.2. The molecule has 0 saturated carbocycles. The van der Waals surface area contributed by atoms with E-state index in [2.05, 4.69) is 29.1 Å². The van der Waals surface area contributed by atoms with E-state index < -0.39 is 6.10 Å². The highest BCUT2D eigenvalue weighted by molar-refractivity contribution is 5.80. The van der Waals surface area contributed by atoms with Crippen LogP contribution in [0.25, 0.3) is 0 Å². The van der Waals surface area contributed by atoms with Crippen molar-refractivity contribution in [2.75, 3.05) is 26.2 Å². The molecule has 122 valence electrons. The maximum absolute atomic E-state index is 10.2. The molecular formula is C18H29N3O. The highest BCUT2D eigenvalue weighted by Gasteiger charge is 2.19. The number of likely N-dealkylation sites (tertiary alicyclic amines) is 1. The lowest BCUT2D eigenvalue weighted by molar-refractivity contribution is 0.182. The van der Waals surface area contributed by atoms with E-state index in [9.17, 15) is 5.11 Å². The number of rotatable bonds is 5. The lowest BCUT2D eigenvalue weighted by atomic mass is 10.0. The molecule has 2 atom stereocenters. The minimum absolute atomic E-state index is 0.432. The van der Waals surface area contributed by atoms with Crippen molar-refractivity contribution in [3.63, 3.8) is 0 Å². The fraction of sp³-hybridized carbons (Fsp3) is 0.611. The number of nitrogens with one attached hydrogen (secondary N) is 1. The molecule has 2 N–H and O–H groups in total. The molecule has 22 heavy (non-hydrogen) atoms. The first-order chi connectivity index (χ1) is 10.7. The van der Waals surface area contributed by atoms with Crippen LogP contribution in [0.4, 0.5) is 0 Å². The molecule has 2 rings (SSSR count). The minimum atomic E-state index is -0.432. The number of piperidine rings is 1. The van der Waals surface area contributed by atoms with Gasteiger partial charge in [-0.2, -0.15) is 0 Å². The molecular weight excluding hydrogens is 274 g/mol. The minimum Gasteiger partial charge on any atom is -0.391 e. The lowest BCUT2D eigenvalue weighted by Gasteiger charge is -2.33. The van der Waals surface area contributed by atoms with Gasteiger partial charge in [0.1, 0.15) is 0 Å². The van der Waals surface area contributed by atoms with Gasteiger partial charge in [-0.1, -0.05) is 37.3 Å². The Bertz CT molecular complexity index is 461. The Balaban J connectivity index is 1.91. The fourth-order valence-corrected chi connectivity index (χ4v) is 2.95. The summed E-state index contributed by atoms with van der Waals surface area (Å²) >= 11 is 0. The molecule has 1 aromatic rings. The summed E-state index contributed by atoms with van der Waals surface area (Å²) in [5.74, 6) is 1.66. The Morgan fingerprint density at radius 3 is 2.86 bits per heavy atom. The second-order valence-corrected chi connectivity index (χ2v) is 6.23. The van der Waals surface area contributed by atoms with E-state index in [1.807, 2.05) is 30.3 Å². The summed E-state index contributed by atoms with van der Waals surface area (Å²) in [4.78, 5) is 6.98. The maximum Gasteiger partial charge on any atom is 0.194 e. The number of aliphatic hydroxyl groups excluding tert-OH is 1. The van der Waals surface area contributed by atoms with Gasteiger partial charge in [0, 0.05) is 26.1 Å². The monoisotopic (exact) mass is 303 g/mol. The van der Waals surface area contributed by atoms with Gasteiger partial charge in [-0.25, -0.2) is 0 Å². The van der Waals surface area contributed by atoms with E-state index in [0.717, 1.165) is 31.2 Å². The van der Waals surface area contributed by atoms with Gasteiger partial charge in [-0.15, -0.1) is 0 Å². The first kappa shape index (κ1) is 16.8. The molecule has 0 bridgehead atoms. The van der Waals surface area contributed by atoms with Crippen molar-refractivity contribution in [2.24, 2.45) is 10.9 Å². The molecule has 1 aromatic carbocycles. The molecule has 1 aliphatic rings. The van der Waals surface area contributed by atoms with Crippen LogP contribution in [0.15, 0.2) is 35.3 Å². The van der Waals surface area contributed by atoms with Crippen molar-refractivity contribution in [3.8, 4) is 0 Å². The molecule has 1 fully saturated rings. The first-order valence-corrected chi connectivity index (χ1v) is 8.44. The lowest BCUT2D eigenvalue weighted by Crippen LogP contribution is -2.46. The van der Waals surface area contributed by atoms with E-state index in [1.54, 1.807) is 0 Å². The molecule has 2 unspecified atom stereocenters. The van der Waals surface area contributed by atoms with Gasteiger partial charge in [-0.3, -0.25) is 4.99 Å². The van der Waals surface area contributed by atoms with Crippen LogP contribution >= 0.6 is 0 Å². The highest BCUT2D eigenvalue weighted by atomic mass is 16.3. The summed E-state index contributed by atoms with van der Waals surface area (Å²) in [6, 6.07) is 10.1. The van der Waals surface area contributed by atoms with E-state index in [4.69, 9.17) is 0 Å². The molecule has 1 heterocycles. The molecule has 1 saturated heterocycles. The average molecular weight is 303 g/mol. The molecule has 0 aliphatic carbocycles. The van der Waals surface area contributed by atoms with Gasteiger partial charge in [0.15, 0.2) is 5.96 Å². The summed E-state index contributed by atoms with van der Waals surface area (Å²) < 4.78 is 0. The first-order valence-electron chi connectivity index (χ1n) is 8.44. The van der Waals surface area contributed by atoms with Crippen LogP contribution in [0.3, 0.4) is 0 Å². The van der Waals surface area contributed by atoms with E-state index in [1.165, 1.54) is 12.8 Å². The zero-order chi connectivity index (χ0) is 15.8. The summed E-state index contributed by atoms with van der Waals surface area (Å²) in [5.41, 5.74) is 1.15. The van der Waals surface area contributed by atoms with Crippen LogP contribution in [-0.4, -0.2) is 48.2 Å². The summed E-state index contributed by atoms with van der Waals surface area (Å²) in [6.07, 6.45) is 2.74. The molecule has 4 nitrogen and oxygen atoms in total. The number of hydrogen-bond donors (Lipinski definition) is 2. The van der Waals surface area contributed by atoms with E-state index in [0.29, 0.717) is 18.9 Å². The SMILES string of the molecule is CCNC(=NCC(O)Cc1ccccc1)N1CCCC(C)C1. The summed E-state index contributed by atoms with van der Waals surface area (Å²) in [7, 11) is 0. The van der Waals surface area contributed by atoms with Crippen LogP contribution in [0.2, 0.25) is 0 Å². The second kappa shape index (κ2) is 8.79. The summed E-state index contributed by atoms with van der Waals surface area (Å²) in [6.45, 7) is 7.80. The Morgan fingerprint density at radius 1 is 1.41 bits per heavy atom. The number of nitrogens with zero attached hydrogens (tertiary/aromatic N) is 2. The molecule has 4 heteroatoms. The molecule has 0 radical (unpaired) electrons. The van der Waals surface area contributed by atoms with Crippen LogP contribution in [0.5, 0.6) is 0 Å². The topological polar surface area (TPSA) is 47.9 Å². The van der Waals surface area contributed by atoms with Gasteiger partial charge in [0.25, 0.3) is 0 Å². The van der Waals surface area contributed by atoms with Gasteiger partial charge in [0.2, 0.25) is 0 Å². The predicted molar refractivity (Wildman–Crippen MR) is 92.1 cm³/mol. The van der Waals surface area contributed by atoms with Crippen LogP contribution < -0.4 is 5.32 Å². The number of aliphatic imine (C=N–C) groups is 1. The largest absolute Gasteiger partial charge is 0.391 e. The van der Waals surface area contributed by atoms with Crippen LogP contribution in [0.1, 0.15) is 32.3 Å².